The summed E-state index contributed by atoms with van der Waals surface area (Å²) in [5, 5.41) is 159. The first kappa shape index (κ1) is 75.6. The van der Waals surface area contributed by atoms with E-state index in [1.54, 1.807) is 0 Å². The van der Waals surface area contributed by atoms with Crippen molar-refractivity contribution in [2.45, 2.75) is 205 Å². The fourth-order valence-electron chi connectivity index (χ4n) is 10.1. The number of carboxylic acid groups (broad SMARTS) is 3. The predicted molar refractivity (Wildman–Crippen MR) is 267 cm³/mol. The standard InChI is InChI=1S/C42H65N3O43S3/c1-7(46)43-13-17(50)16(49)10(4-75-89(66,67)68)78-38(13)85-29-21(54)24(57)41(87-32(29)35(61)62)83-27-12(6-77-91(72,73)74)80-40(15(19(27)52)45-9(3)48)86-30-22(55)25(58)42(88-33(30)36(63)64)82-26-11(5-76-90(69,70)71)79-39(14(18(26)51)44-8(2)47)84-28-20(53)23(56)37(65)81-31(28)34(59)60/h10-33,37-42,49-58,65H,4-6H2,1-3H3,(H,43,46)(H,44,47)(H,45,48)(H,59,60)(H,61,62)(H,63,64)(H,66,67,68)(H,69,70,71)(H,72,73,74)/t10-,11-,12-,13-,14-,15-,16-,17-,18-,19-,20-,21-,22-,23-,24-,25-,26-,27-,28+,29+,30+,31-,32-,33-,37+,38-,39-,40-,41+,42+/m1/s1. The summed E-state index contributed by atoms with van der Waals surface area (Å²) in [6.45, 7) is -1.85. The monoisotopic (exact) mass is 1400 g/mol. The molecular weight excluding hydrogens is 1330 g/mol. The Morgan fingerprint density at radius 1 is 0.341 bits per heavy atom. The van der Waals surface area contributed by atoms with Crippen LogP contribution in [0.1, 0.15) is 20.8 Å². The van der Waals surface area contributed by atoms with Crippen molar-refractivity contribution in [2.24, 2.45) is 0 Å². The highest BCUT2D eigenvalue weighted by Crippen LogP contribution is 2.38. The summed E-state index contributed by atoms with van der Waals surface area (Å²) in [6.07, 6.45) is -65.8. The minimum absolute atomic E-state index is 0.772. The van der Waals surface area contributed by atoms with E-state index in [1.165, 1.54) is 0 Å². The van der Waals surface area contributed by atoms with Crippen LogP contribution in [0.5, 0.6) is 0 Å². The molecule has 0 bridgehead atoms. The molecule has 0 aromatic rings. The van der Waals surface area contributed by atoms with Crippen LogP contribution in [-0.2, 0) is 125 Å². The summed E-state index contributed by atoms with van der Waals surface area (Å²) in [4.78, 5) is 75.2. The van der Waals surface area contributed by atoms with Crippen molar-refractivity contribution < 1.29 is 204 Å². The summed E-state index contributed by atoms with van der Waals surface area (Å²) in [6, 6.07) is -6.28. The summed E-state index contributed by atoms with van der Waals surface area (Å²) >= 11 is 0. The summed E-state index contributed by atoms with van der Waals surface area (Å²) < 4.78 is 171. The number of aliphatic carboxylic acids is 3. The van der Waals surface area contributed by atoms with Gasteiger partial charge in [0.05, 0.1) is 19.8 Å². The zero-order valence-electron chi connectivity index (χ0n) is 46.4. The molecule has 0 radical (unpaired) electrons. The van der Waals surface area contributed by atoms with Gasteiger partial charge in [-0.05, 0) is 0 Å². The number of rotatable bonds is 25. The third-order valence-corrected chi connectivity index (χ3v) is 15.4. The SMILES string of the molecule is CC(=O)N[C@H]1[C@@H](O[C@H]2[C@H](O)[C@@H](O)[C@@H](O)O[C@H]2C(=O)O)O[C@H](COS(=O)(=O)O)[C@@H](O[C@H]2O[C@@H](C(=O)O)[C@@H](O[C@H]3O[C@H](COS(=O)(=O)O)[C@@H](O[C@H]4O[C@@H](C(=O)O)[C@@H](O[C@H]5O[C@H](COS(=O)(=O)O)[C@@H](O)[C@H](O)[C@H]5NC(C)=O)[C@H](O)[C@H]4O)[C@H](O)[C@H]3NC(C)=O)[C@H](O)[C@H]2O)[C@@H]1O. The Morgan fingerprint density at radius 2 is 0.615 bits per heavy atom. The zero-order valence-corrected chi connectivity index (χ0v) is 48.8. The van der Waals surface area contributed by atoms with Crippen LogP contribution in [0.3, 0.4) is 0 Å². The number of amides is 3. The van der Waals surface area contributed by atoms with E-state index in [1.807, 2.05) is 0 Å². The van der Waals surface area contributed by atoms with Gasteiger partial charge in [-0.1, -0.05) is 0 Å². The fourth-order valence-corrected chi connectivity index (χ4v) is 11.0. The number of hydrogen-bond donors (Lipinski definition) is 20. The maximum atomic E-state index is 13.0. The zero-order chi connectivity index (χ0) is 68.4. The Labute approximate surface area is 510 Å². The van der Waals surface area contributed by atoms with E-state index in [0.717, 1.165) is 20.8 Å². The first-order valence-electron chi connectivity index (χ1n) is 26.0. The summed E-state index contributed by atoms with van der Waals surface area (Å²) in [7, 11) is -16.3. The van der Waals surface area contributed by atoms with Crippen LogP contribution < -0.4 is 16.0 Å². The van der Waals surface area contributed by atoms with E-state index in [-0.39, 0.29) is 0 Å². The molecule has 6 aliphatic heterocycles. The molecule has 0 spiro atoms. The number of nitrogens with one attached hydrogen (secondary N) is 3. The Morgan fingerprint density at radius 3 is 0.923 bits per heavy atom. The third-order valence-electron chi connectivity index (χ3n) is 14.1. The Balaban J connectivity index is 1.27. The van der Waals surface area contributed by atoms with Gasteiger partial charge in [0.1, 0.15) is 128 Å². The fraction of sp³-hybridized carbons (Fsp3) is 0.857. The normalized spacial score (nSPS) is 42.6. The first-order chi connectivity index (χ1) is 42.0. The van der Waals surface area contributed by atoms with Gasteiger partial charge >= 0.3 is 49.1 Å². The van der Waals surface area contributed by atoms with Crippen molar-refractivity contribution >= 4 is 66.8 Å². The summed E-state index contributed by atoms with van der Waals surface area (Å²) in [5.74, 6) is -9.42. The van der Waals surface area contributed by atoms with Crippen LogP contribution in [-0.4, -0.2) is 350 Å². The van der Waals surface area contributed by atoms with Crippen molar-refractivity contribution in [1.82, 2.24) is 16.0 Å². The average molecular weight is 1400 g/mol. The van der Waals surface area contributed by atoms with Gasteiger partial charge in [-0.3, -0.25) is 28.0 Å². The van der Waals surface area contributed by atoms with Gasteiger partial charge in [-0.2, -0.15) is 25.3 Å². The van der Waals surface area contributed by atoms with Crippen molar-refractivity contribution in [3.05, 3.63) is 0 Å². The quantitative estimate of drug-likeness (QED) is 0.0377. The van der Waals surface area contributed by atoms with Gasteiger partial charge < -0.3 is 140 Å². The molecule has 30 atom stereocenters. The number of carbonyl (C=O) groups excluding carboxylic acids is 3. The lowest BCUT2D eigenvalue weighted by Gasteiger charge is -2.50. The van der Waals surface area contributed by atoms with Crippen molar-refractivity contribution in [3.8, 4) is 0 Å². The van der Waals surface area contributed by atoms with Gasteiger partial charge in [0.2, 0.25) is 17.7 Å². The smallest absolute Gasteiger partial charge is 0.397 e. The van der Waals surface area contributed by atoms with Gasteiger partial charge in [0, 0.05) is 20.8 Å². The molecule has 6 fully saturated rings. The lowest BCUT2D eigenvalue weighted by atomic mass is 9.93. The third kappa shape index (κ3) is 18.9. The highest BCUT2D eigenvalue weighted by molar-refractivity contribution is 7.81. The van der Waals surface area contributed by atoms with Crippen LogP contribution in [0.15, 0.2) is 0 Å². The largest absolute Gasteiger partial charge is 0.479 e. The first-order valence-corrected chi connectivity index (χ1v) is 30.1. The molecule has 0 unspecified atom stereocenters. The second-order valence-electron chi connectivity index (χ2n) is 20.7. The van der Waals surface area contributed by atoms with E-state index >= 15 is 0 Å². The average Bonchev–Trinajstić information content (AvgIpc) is 0.811. The molecule has 91 heavy (non-hydrogen) atoms. The molecule has 20 N–H and O–H groups in total. The second kappa shape index (κ2) is 30.5. The van der Waals surface area contributed by atoms with Crippen LogP contribution in [0.4, 0.5) is 0 Å². The highest BCUT2D eigenvalue weighted by atomic mass is 32.3. The van der Waals surface area contributed by atoms with E-state index < -0.39 is 271 Å². The minimum Gasteiger partial charge on any atom is -0.479 e. The van der Waals surface area contributed by atoms with Crippen molar-refractivity contribution in [1.29, 1.82) is 0 Å². The maximum absolute atomic E-state index is 13.0. The van der Waals surface area contributed by atoms with E-state index in [4.69, 9.17) is 56.7 Å². The number of ether oxygens (including phenoxy) is 11. The molecule has 3 amide bonds. The molecule has 6 heterocycles. The van der Waals surface area contributed by atoms with E-state index in [2.05, 4.69) is 28.5 Å². The van der Waals surface area contributed by atoms with Crippen LogP contribution in [0.2, 0.25) is 0 Å². The summed E-state index contributed by atoms with van der Waals surface area (Å²) in [5.41, 5.74) is 0. The van der Waals surface area contributed by atoms with Gasteiger partial charge in [0.15, 0.2) is 56.1 Å². The highest BCUT2D eigenvalue weighted by Gasteiger charge is 2.60. The maximum Gasteiger partial charge on any atom is 0.397 e. The van der Waals surface area contributed by atoms with E-state index in [0.29, 0.717) is 0 Å². The molecular formula is C42H65N3O43S3. The number of aliphatic hydroxyl groups is 11. The van der Waals surface area contributed by atoms with E-state index in [9.17, 15) is 135 Å². The Kier molecular flexibility index (Phi) is 25.3. The van der Waals surface area contributed by atoms with Crippen LogP contribution in [0, 0.1) is 0 Å². The van der Waals surface area contributed by atoms with Crippen LogP contribution >= 0.6 is 0 Å². The van der Waals surface area contributed by atoms with Crippen molar-refractivity contribution in [2.75, 3.05) is 19.8 Å². The molecule has 6 saturated heterocycles. The molecule has 46 nitrogen and oxygen atoms in total. The predicted octanol–water partition coefficient (Wildman–Crippen LogP) is -13.9. The second-order valence-corrected chi connectivity index (χ2v) is 23.9. The number of carbonyl (C=O) groups is 6. The van der Waals surface area contributed by atoms with Gasteiger partial charge in [-0.25, -0.2) is 26.9 Å². The lowest BCUT2D eigenvalue weighted by molar-refractivity contribution is -0.378. The Bertz CT molecular complexity index is 2920. The molecule has 0 aromatic carbocycles. The number of hydrogen-bond acceptors (Lipinski definition) is 37. The number of aliphatic hydroxyl groups excluding tert-OH is 11. The lowest BCUT2D eigenvalue weighted by Crippen LogP contribution is -2.71. The topological polar surface area (TPSA) is 714 Å². The molecule has 0 aliphatic carbocycles. The number of carboxylic acids is 3. The molecule has 0 aromatic heterocycles. The van der Waals surface area contributed by atoms with Gasteiger partial charge in [0.25, 0.3) is 0 Å². The minimum atomic E-state index is -5.58. The Hall–Kier alpha value is -4.45. The van der Waals surface area contributed by atoms with Gasteiger partial charge in [-0.15, -0.1) is 0 Å². The molecule has 524 valence electrons. The molecule has 6 rings (SSSR count). The molecule has 6 aliphatic rings. The van der Waals surface area contributed by atoms with Crippen LogP contribution in [0.25, 0.3) is 0 Å². The molecule has 0 saturated carbocycles. The molecule has 49 heteroatoms. The van der Waals surface area contributed by atoms with Crippen molar-refractivity contribution in [3.63, 3.8) is 0 Å².